The van der Waals surface area contributed by atoms with Crippen LogP contribution in [0.4, 0.5) is 69.1 Å². The van der Waals surface area contributed by atoms with E-state index in [1.54, 1.807) is 24.3 Å². The molecule has 0 spiro atoms. The molecule has 0 rings (SSSR count). The molecule has 4 nitrogen and oxygen atoms in total. The number of hydrogen-bond donors (Lipinski definition) is 0. The summed E-state index contributed by atoms with van der Waals surface area (Å²) in [6, 6.07) is 7.00. The van der Waals surface area contributed by atoms with Crippen LogP contribution in [-0.2, 0) is 34.1 Å². The summed E-state index contributed by atoms with van der Waals surface area (Å²) in [6.45, 7) is 5.72. The Hall–Kier alpha value is -1.86. The second kappa shape index (κ2) is 41.4. The minimum absolute atomic E-state index is 0. The van der Waals surface area contributed by atoms with Gasteiger partial charge in [-0.05, 0) is 0 Å². The largest absolute Gasteiger partial charge is 2.00 e. The van der Waals surface area contributed by atoms with Crippen molar-refractivity contribution >= 4 is 29.0 Å². The molecule has 0 aliphatic heterocycles. The summed E-state index contributed by atoms with van der Waals surface area (Å²) < 4.78 is 156. The molecule has 0 saturated carbocycles. The van der Waals surface area contributed by atoms with Crippen molar-refractivity contribution in [2.75, 3.05) is 0 Å². The minimum Gasteiger partial charge on any atom is -0.418 e. The fraction of sp³-hybridized carbons (Fsp3) is 0.500. The minimum atomic E-state index is -6.00. The summed E-state index contributed by atoms with van der Waals surface area (Å²) in [7, 11) is -24.0. The average molecular weight is 639 g/mol. The first kappa shape index (κ1) is 63.6. The molecule has 210 valence electrons. The van der Waals surface area contributed by atoms with Crippen LogP contribution in [0.15, 0.2) is 0 Å². The Kier molecular flexibility index (Phi) is 77.4. The van der Waals surface area contributed by atoms with Crippen LogP contribution in [-0.4, -0.2) is 29.0 Å². The first-order valence-corrected chi connectivity index (χ1v) is 6.39. The van der Waals surface area contributed by atoms with E-state index >= 15 is 0 Å². The molecule has 0 aliphatic carbocycles. The molecule has 26 heteroatoms. The monoisotopic (exact) mass is 638 g/mol. The molecule has 2 radical (unpaired) electrons. The smallest absolute Gasteiger partial charge is 0.418 e. The van der Waals surface area contributed by atoms with Crippen LogP contribution in [0.25, 0.3) is 0 Å². The SMILES string of the molecule is CC#N.CC#N.CC#N.CC#N.F[B-](F)(F)F.F[B-](F)(F)F.F[B-](F)(F)F.F[B-](F)(F)F.[Cu+2].[Cu+2]. The van der Waals surface area contributed by atoms with Crippen molar-refractivity contribution < 1.29 is 103 Å². The van der Waals surface area contributed by atoms with Gasteiger partial charge in [0.2, 0.25) is 0 Å². The standard InChI is InChI=1S/4C2H3N.4BF4.2Cu/c4*1-2-3;4*2-1(3,4)5;;/h4*1H3;;;;;;/q;;;;4*-1;2*+2. The molecular formula is C8H12B4Cu2F16N4. The first-order valence-electron chi connectivity index (χ1n) is 6.39. The van der Waals surface area contributed by atoms with Crippen molar-refractivity contribution in [3.05, 3.63) is 0 Å². The summed E-state index contributed by atoms with van der Waals surface area (Å²) in [5.41, 5.74) is 0. The quantitative estimate of drug-likeness (QED) is 0.205. The fourth-order valence-corrected chi connectivity index (χ4v) is 0. The third-order valence-electron chi connectivity index (χ3n) is 0. The molecule has 0 fully saturated rings. The molecule has 0 aromatic rings. The van der Waals surface area contributed by atoms with Crippen molar-refractivity contribution in [3.8, 4) is 24.3 Å². The van der Waals surface area contributed by atoms with Gasteiger partial charge in [-0.15, -0.1) is 0 Å². The van der Waals surface area contributed by atoms with Crippen LogP contribution < -0.4 is 0 Å². The van der Waals surface area contributed by atoms with Crippen LogP contribution in [0.2, 0.25) is 0 Å². The Morgan fingerprint density at radius 1 is 0.324 bits per heavy atom. The summed E-state index contributed by atoms with van der Waals surface area (Å²) >= 11 is 0. The Morgan fingerprint density at radius 2 is 0.324 bits per heavy atom. The first-order chi connectivity index (χ1) is 13.7. The van der Waals surface area contributed by atoms with Gasteiger partial charge in [-0.25, -0.2) is 0 Å². The van der Waals surface area contributed by atoms with Crippen LogP contribution in [0.5, 0.6) is 0 Å². The third-order valence-corrected chi connectivity index (χ3v) is 0. The Labute approximate surface area is 205 Å². The zero-order valence-corrected chi connectivity index (χ0v) is 18.6. The van der Waals surface area contributed by atoms with Gasteiger partial charge in [0.25, 0.3) is 0 Å². The van der Waals surface area contributed by atoms with Crippen molar-refractivity contribution in [1.82, 2.24) is 0 Å². The normalized spacial score (nSPS) is 8.00. The molecule has 0 bridgehead atoms. The van der Waals surface area contributed by atoms with E-state index in [-0.39, 0.29) is 34.1 Å². The van der Waals surface area contributed by atoms with Crippen molar-refractivity contribution in [2.45, 2.75) is 27.7 Å². The van der Waals surface area contributed by atoms with Gasteiger partial charge in [0.05, 0.1) is 24.3 Å². The summed E-state index contributed by atoms with van der Waals surface area (Å²) in [5.74, 6) is 0. The van der Waals surface area contributed by atoms with Gasteiger partial charge in [-0.1, -0.05) is 0 Å². The van der Waals surface area contributed by atoms with E-state index in [0.29, 0.717) is 0 Å². The van der Waals surface area contributed by atoms with E-state index in [4.69, 9.17) is 21.0 Å². The Balaban J connectivity index is -0.0000000243. The van der Waals surface area contributed by atoms with E-state index in [0.717, 1.165) is 0 Å². The predicted molar refractivity (Wildman–Crippen MR) is 85.9 cm³/mol. The maximum Gasteiger partial charge on any atom is 2.00 e. The summed E-state index contributed by atoms with van der Waals surface area (Å²) in [5, 5.41) is 29.3. The van der Waals surface area contributed by atoms with Gasteiger partial charge < -0.3 is 69.1 Å². The number of nitrogens with zero attached hydrogens (tertiary/aromatic N) is 4. The zero-order chi connectivity index (χ0) is 28.8. The molecule has 0 heterocycles. The number of halogens is 16. The van der Waals surface area contributed by atoms with Crippen LogP contribution >= 0.6 is 0 Å². The van der Waals surface area contributed by atoms with Gasteiger partial charge in [0, 0.05) is 27.7 Å². The van der Waals surface area contributed by atoms with Gasteiger partial charge in [0.1, 0.15) is 0 Å². The van der Waals surface area contributed by atoms with E-state index in [1.807, 2.05) is 0 Å². The molecule has 0 aromatic carbocycles. The predicted octanol–water partition coefficient (Wildman–Crippen LogP) is 7.31. The van der Waals surface area contributed by atoms with Gasteiger partial charge >= 0.3 is 63.2 Å². The molecule has 0 saturated heterocycles. The van der Waals surface area contributed by atoms with Gasteiger partial charge in [-0.3, -0.25) is 0 Å². The molecule has 0 atom stereocenters. The maximum atomic E-state index is 9.75. The Morgan fingerprint density at radius 3 is 0.324 bits per heavy atom. The van der Waals surface area contributed by atoms with Crippen LogP contribution in [0.1, 0.15) is 27.7 Å². The fourth-order valence-electron chi connectivity index (χ4n) is 0. The molecule has 0 aromatic heterocycles. The number of rotatable bonds is 0. The van der Waals surface area contributed by atoms with Crippen LogP contribution in [0, 0.1) is 45.3 Å². The average Bonchev–Trinajstić information content (AvgIpc) is 2.32. The molecular weight excluding hydrogens is 626 g/mol. The van der Waals surface area contributed by atoms with Gasteiger partial charge in [0.15, 0.2) is 0 Å². The molecule has 34 heavy (non-hydrogen) atoms. The molecule has 0 amide bonds. The summed E-state index contributed by atoms with van der Waals surface area (Å²) in [6.07, 6.45) is 0. The van der Waals surface area contributed by atoms with Crippen molar-refractivity contribution in [2.24, 2.45) is 0 Å². The topological polar surface area (TPSA) is 95.2 Å². The number of hydrogen-bond acceptors (Lipinski definition) is 4. The molecule has 0 aliphatic rings. The Bertz CT molecular complexity index is 407. The maximum absolute atomic E-state index is 9.75. The van der Waals surface area contributed by atoms with Crippen molar-refractivity contribution in [3.63, 3.8) is 0 Å². The zero-order valence-electron chi connectivity index (χ0n) is 16.7. The number of nitriles is 4. The second-order valence-corrected chi connectivity index (χ2v) is 2.87. The van der Waals surface area contributed by atoms with E-state index in [9.17, 15) is 69.1 Å². The van der Waals surface area contributed by atoms with Crippen molar-refractivity contribution in [1.29, 1.82) is 21.0 Å². The van der Waals surface area contributed by atoms with Crippen LogP contribution in [0.3, 0.4) is 0 Å². The molecule has 0 N–H and O–H groups in total. The van der Waals surface area contributed by atoms with E-state index < -0.39 is 29.0 Å². The second-order valence-electron chi connectivity index (χ2n) is 2.87. The summed E-state index contributed by atoms with van der Waals surface area (Å²) in [4.78, 5) is 0. The third kappa shape index (κ3) is 7390. The molecule has 0 unspecified atom stereocenters. The van der Waals surface area contributed by atoms with E-state index in [2.05, 4.69) is 0 Å². The van der Waals surface area contributed by atoms with E-state index in [1.165, 1.54) is 27.7 Å². The van der Waals surface area contributed by atoms with Gasteiger partial charge in [-0.2, -0.15) is 21.0 Å².